The van der Waals surface area contributed by atoms with E-state index in [9.17, 15) is 18.4 Å². The highest BCUT2D eigenvalue weighted by Gasteiger charge is 2.62. The van der Waals surface area contributed by atoms with Gasteiger partial charge in [-0.3, -0.25) is 0 Å². The van der Waals surface area contributed by atoms with E-state index in [-0.39, 0.29) is 42.2 Å². The molecular weight excluding hydrogens is 726 g/mol. The van der Waals surface area contributed by atoms with Crippen LogP contribution in [-0.2, 0) is 23.7 Å². The topological polar surface area (TPSA) is 131 Å². The van der Waals surface area contributed by atoms with E-state index in [0.29, 0.717) is 5.39 Å². The van der Waals surface area contributed by atoms with Gasteiger partial charge in [0.05, 0.1) is 16.5 Å². The molecule has 7 rings (SSSR count). The van der Waals surface area contributed by atoms with Crippen molar-refractivity contribution in [1.82, 2.24) is 14.5 Å². The molecule has 0 amide bonds. The summed E-state index contributed by atoms with van der Waals surface area (Å²) in [6.45, 7) is 5.31. The number of esters is 2. The normalized spacial score (nSPS) is 25.3. The number of aromatic nitrogens is 3. The highest BCUT2D eigenvalue weighted by atomic mass is 35.5. The zero-order valence-electron chi connectivity index (χ0n) is 28.2. The Bertz CT molecular complexity index is 1770. The van der Waals surface area contributed by atoms with Gasteiger partial charge in [0.1, 0.15) is 29.3 Å². The molecule has 5 heterocycles. The second-order valence-electron chi connectivity index (χ2n) is 12.0. The van der Waals surface area contributed by atoms with Crippen molar-refractivity contribution in [3.05, 3.63) is 95.5 Å². The van der Waals surface area contributed by atoms with E-state index in [1.165, 1.54) is 54.2 Å². The highest BCUT2D eigenvalue weighted by Crippen LogP contribution is 2.47. The Morgan fingerprint density at radius 3 is 1.83 bits per heavy atom. The molecule has 16 heteroatoms. The zero-order chi connectivity index (χ0) is 37.5. The predicted molar refractivity (Wildman–Crippen MR) is 186 cm³/mol. The van der Waals surface area contributed by atoms with Gasteiger partial charge in [-0.15, -0.1) is 0 Å². The zero-order valence-corrected chi connectivity index (χ0v) is 29.0. The van der Waals surface area contributed by atoms with Crippen LogP contribution >= 0.6 is 11.6 Å². The maximum absolute atomic E-state index is 15.3. The van der Waals surface area contributed by atoms with Crippen molar-refractivity contribution < 1.29 is 55.9 Å². The van der Waals surface area contributed by atoms with Crippen LogP contribution in [0.3, 0.4) is 0 Å². The maximum Gasteiger partial charge on any atom is 0.338 e. The summed E-state index contributed by atoms with van der Waals surface area (Å²) < 4.78 is 84.3. The Kier molecular flexibility index (Phi) is 14.3. The molecule has 2 aromatic heterocycles. The fourth-order valence-electron chi connectivity index (χ4n) is 5.77. The molecule has 6 atom stereocenters. The van der Waals surface area contributed by atoms with Crippen LogP contribution in [0.5, 0.6) is 0 Å². The van der Waals surface area contributed by atoms with E-state index in [1.54, 1.807) is 56.3 Å². The molecule has 4 aromatic rings. The first-order chi connectivity index (χ1) is 24.9. The van der Waals surface area contributed by atoms with Gasteiger partial charge in [0.2, 0.25) is 12.5 Å². The number of halogens is 5. The average Bonchev–Trinajstić information content (AvgIpc) is 3.95. The molecule has 0 radical (unpaired) electrons. The summed E-state index contributed by atoms with van der Waals surface area (Å²) in [6, 6.07) is 17.4. The molecule has 3 saturated heterocycles. The Balaban J connectivity index is 0.000000216. The van der Waals surface area contributed by atoms with Gasteiger partial charge >= 0.3 is 23.8 Å². The monoisotopic (exact) mass is 767 g/mol. The van der Waals surface area contributed by atoms with Crippen LogP contribution in [0.1, 0.15) is 73.9 Å². The van der Waals surface area contributed by atoms with Gasteiger partial charge in [0, 0.05) is 19.4 Å². The first kappa shape index (κ1) is 41.6. The second kappa shape index (κ2) is 18.3. The number of ether oxygens (including phenoxy) is 5. The molecule has 3 fully saturated rings. The Labute approximate surface area is 309 Å². The van der Waals surface area contributed by atoms with Crippen molar-refractivity contribution in [2.24, 2.45) is 0 Å². The lowest BCUT2D eigenvalue weighted by Crippen LogP contribution is -2.43. The standard InChI is InChI=1S/C19H16ClF2N3O3.C13H14F2O4.C4H8O.CH4/c1-2-13-14(28-17(26)11-6-4-3-5-7-11)19(21,22)18(27-13)25-9-8-12-15(20)23-10-24-16(12)25;1-2-9-10(13(14,15)12(17)18-9)19-11(16)8-6-4-3-5-7-8;1-2-4-5-3-1;/h3-10,13-14,18H,2H2,1H3;3-7,9-10,12,17H,2H2,1H3;1-4H2;1H4/t13-,14-,18-;9-,10-,12?;;/m11../s1. The summed E-state index contributed by atoms with van der Waals surface area (Å²) in [5.41, 5.74) is 0.589. The third-order valence-corrected chi connectivity index (χ3v) is 8.83. The lowest BCUT2D eigenvalue weighted by molar-refractivity contribution is -0.198. The minimum absolute atomic E-state index is 0. The SMILES string of the molecule is C.C1CCOC1.CC[C@H]1OC(O)C(F)(F)[C@@H]1OC(=O)c1ccccc1.CC[C@H]1O[C@@H](n2ccc3c(Cl)ncnc32)C(F)(F)[C@@H]1OC(=O)c1ccccc1. The Morgan fingerprint density at radius 1 is 0.830 bits per heavy atom. The van der Waals surface area contributed by atoms with Crippen LogP contribution in [0.25, 0.3) is 11.0 Å². The Hall–Kier alpha value is -4.15. The maximum atomic E-state index is 15.3. The highest BCUT2D eigenvalue weighted by molar-refractivity contribution is 6.33. The average molecular weight is 768 g/mol. The number of alkyl halides is 4. The van der Waals surface area contributed by atoms with Crippen LogP contribution in [0.15, 0.2) is 79.3 Å². The van der Waals surface area contributed by atoms with Gasteiger partial charge in [0.25, 0.3) is 0 Å². The summed E-state index contributed by atoms with van der Waals surface area (Å²) in [4.78, 5) is 32.0. The number of hydrogen-bond donors (Lipinski definition) is 1. The van der Waals surface area contributed by atoms with Crippen molar-refractivity contribution >= 4 is 34.6 Å². The first-order valence-electron chi connectivity index (χ1n) is 16.7. The summed E-state index contributed by atoms with van der Waals surface area (Å²) in [5, 5.41) is 9.74. The summed E-state index contributed by atoms with van der Waals surface area (Å²) >= 11 is 6.01. The molecule has 0 spiro atoms. The molecular formula is C37H42ClF4N3O8. The first-order valence-corrected chi connectivity index (χ1v) is 17.1. The van der Waals surface area contributed by atoms with Crippen LogP contribution in [-0.4, -0.2) is 87.3 Å². The third-order valence-electron chi connectivity index (χ3n) is 8.53. The molecule has 1 unspecified atom stereocenters. The summed E-state index contributed by atoms with van der Waals surface area (Å²) in [6.07, 6.45) is -3.81. The van der Waals surface area contributed by atoms with E-state index < -0.39 is 60.7 Å². The van der Waals surface area contributed by atoms with E-state index in [0.717, 1.165) is 13.2 Å². The number of carbonyl (C=O) groups excluding carboxylic acids is 2. The lowest BCUT2D eigenvalue weighted by atomic mass is 10.1. The number of rotatable bonds is 7. The molecule has 53 heavy (non-hydrogen) atoms. The quantitative estimate of drug-likeness (QED) is 0.114. The van der Waals surface area contributed by atoms with Crippen molar-refractivity contribution in [1.29, 1.82) is 0 Å². The van der Waals surface area contributed by atoms with Gasteiger partial charge in [-0.2, -0.15) is 17.6 Å². The molecule has 288 valence electrons. The van der Waals surface area contributed by atoms with Gasteiger partial charge in [-0.05, 0) is 56.0 Å². The molecule has 3 aliphatic heterocycles. The number of aliphatic hydroxyl groups excluding tert-OH is 1. The fourth-order valence-corrected chi connectivity index (χ4v) is 5.96. The molecule has 0 aliphatic carbocycles. The van der Waals surface area contributed by atoms with E-state index >= 15 is 8.78 Å². The molecule has 2 aromatic carbocycles. The van der Waals surface area contributed by atoms with Crippen LogP contribution in [0.2, 0.25) is 5.15 Å². The minimum atomic E-state index is -3.61. The molecule has 11 nitrogen and oxygen atoms in total. The van der Waals surface area contributed by atoms with Gasteiger partial charge in [-0.1, -0.05) is 69.3 Å². The van der Waals surface area contributed by atoms with Gasteiger partial charge < -0.3 is 33.4 Å². The molecule has 1 N–H and O–H groups in total. The number of aliphatic hydroxyl groups is 1. The summed E-state index contributed by atoms with van der Waals surface area (Å²) in [7, 11) is 0. The molecule has 0 saturated carbocycles. The summed E-state index contributed by atoms with van der Waals surface area (Å²) in [5.74, 6) is -8.77. The molecule has 0 bridgehead atoms. The van der Waals surface area contributed by atoms with E-state index in [4.69, 9.17) is 40.4 Å². The van der Waals surface area contributed by atoms with Crippen molar-refractivity contribution in [3.63, 3.8) is 0 Å². The number of carbonyl (C=O) groups is 2. The van der Waals surface area contributed by atoms with Gasteiger partial charge in [-0.25, -0.2) is 19.6 Å². The Morgan fingerprint density at radius 2 is 1.34 bits per heavy atom. The van der Waals surface area contributed by atoms with Crippen LogP contribution in [0, 0.1) is 0 Å². The number of benzene rings is 2. The number of hydrogen-bond acceptors (Lipinski definition) is 10. The van der Waals surface area contributed by atoms with E-state index in [2.05, 4.69) is 9.97 Å². The lowest BCUT2D eigenvalue weighted by Gasteiger charge is -2.24. The molecule has 3 aliphatic rings. The predicted octanol–water partition coefficient (Wildman–Crippen LogP) is 7.66. The van der Waals surface area contributed by atoms with Crippen LogP contribution in [0.4, 0.5) is 17.6 Å². The van der Waals surface area contributed by atoms with Crippen molar-refractivity contribution in [2.75, 3.05) is 13.2 Å². The van der Waals surface area contributed by atoms with Gasteiger partial charge in [0.15, 0.2) is 12.2 Å². The van der Waals surface area contributed by atoms with Crippen LogP contribution < -0.4 is 0 Å². The van der Waals surface area contributed by atoms with Crippen molar-refractivity contribution in [2.45, 2.75) is 95.7 Å². The minimum Gasteiger partial charge on any atom is -0.449 e. The largest absolute Gasteiger partial charge is 0.449 e. The number of nitrogens with zero attached hydrogens (tertiary/aromatic N) is 3. The fraction of sp³-hybridized carbons (Fsp3) is 0.459. The third kappa shape index (κ3) is 9.33. The number of fused-ring (bicyclic) bond motifs is 1. The van der Waals surface area contributed by atoms with Crippen molar-refractivity contribution in [3.8, 4) is 0 Å². The smallest absolute Gasteiger partial charge is 0.338 e. The second-order valence-corrected chi connectivity index (χ2v) is 12.4. The van der Waals surface area contributed by atoms with E-state index in [1.807, 2.05) is 0 Å².